The van der Waals surface area contributed by atoms with E-state index in [1.54, 1.807) is 6.20 Å². The molecule has 1 aliphatic heterocycles. The van der Waals surface area contributed by atoms with Crippen molar-refractivity contribution in [2.45, 2.75) is 38.1 Å². The molecule has 9 heteroatoms. The number of morpholine rings is 1. The average molecular weight is 450 g/mol. The van der Waals surface area contributed by atoms with E-state index in [4.69, 9.17) is 9.72 Å². The maximum Gasteiger partial charge on any atom is 0.251 e. The highest BCUT2D eigenvalue weighted by molar-refractivity contribution is 5.94. The summed E-state index contributed by atoms with van der Waals surface area (Å²) in [7, 11) is 0. The fourth-order valence-corrected chi connectivity index (χ4v) is 4.60. The number of benzene rings is 1. The van der Waals surface area contributed by atoms with Crippen LogP contribution in [0.4, 0.5) is 11.6 Å². The van der Waals surface area contributed by atoms with Crippen molar-refractivity contribution in [3.05, 3.63) is 42.4 Å². The van der Waals surface area contributed by atoms with Gasteiger partial charge in [0.1, 0.15) is 5.52 Å². The molecule has 2 fully saturated rings. The Kier molecular flexibility index (Phi) is 6.78. The third-order valence-corrected chi connectivity index (χ3v) is 6.48. The summed E-state index contributed by atoms with van der Waals surface area (Å²) in [6, 6.07) is 7.88. The number of aromatic nitrogens is 4. The molecule has 5 rings (SSSR count). The Bertz CT molecular complexity index is 1070. The number of carbonyl (C=O) groups excluding carboxylic acids is 1. The van der Waals surface area contributed by atoms with Crippen molar-refractivity contribution in [1.29, 1.82) is 0 Å². The van der Waals surface area contributed by atoms with E-state index in [0.29, 0.717) is 24.1 Å². The van der Waals surface area contributed by atoms with Gasteiger partial charge in [0.15, 0.2) is 5.65 Å². The van der Waals surface area contributed by atoms with Crippen LogP contribution in [0.5, 0.6) is 0 Å². The summed E-state index contributed by atoms with van der Waals surface area (Å²) in [5, 5.41) is 6.25. The van der Waals surface area contributed by atoms with Crippen LogP contribution >= 0.6 is 0 Å². The van der Waals surface area contributed by atoms with Crippen LogP contribution in [0.25, 0.3) is 11.2 Å². The van der Waals surface area contributed by atoms with Gasteiger partial charge in [0.05, 0.1) is 25.7 Å². The SMILES string of the molecule is O=C(NCCCN1CCOCC1)c1ccc(Nc2ncc3ncn(C4CCCC4)c3n2)cc1. The lowest BCUT2D eigenvalue weighted by molar-refractivity contribution is 0.0374. The summed E-state index contributed by atoms with van der Waals surface area (Å²) in [6.45, 7) is 5.20. The molecule has 0 radical (unpaired) electrons. The molecule has 0 bridgehead atoms. The minimum absolute atomic E-state index is 0.0540. The maximum atomic E-state index is 12.4. The summed E-state index contributed by atoms with van der Waals surface area (Å²) in [6.07, 6.45) is 9.44. The molecule has 1 aromatic carbocycles. The fraction of sp³-hybridized carbons (Fsp3) is 0.500. The molecule has 33 heavy (non-hydrogen) atoms. The third kappa shape index (κ3) is 5.31. The molecule has 0 unspecified atom stereocenters. The number of amides is 1. The molecule has 2 aliphatic rings. The van der Waals surface area contributed by atoms with Crippen molar-refractivity contribution < 1.29 is 9.53 Å². The van der Waals surface area contributed by atoms with Crippen LogP contribution in [0, 0.1) is 0 Å². The van der Waals surface area contributed by atoms with Gasteiger partial charge in [-0.25, -0.2) is 9.97 Å². The molecule has 2 aromatic heterocycles. The monoisotopic (exact) mass is 449 g/mol. The van der Waals surface area contributed by atoms with E-state index in [9.17, 15) is 4.79 Å². The third-order valence-electron chi connectivity index (χ3n) is 6.48. The minimum atomic E-state index is -0.0540. The van der Waals surface area contributed by atoms with Crippen LogP contribution in [0.1, 0.15) is 48.5 Å². The molecule has 0 spiro atoms. The van der Waals surface area contributed by atoms with Gasteiger partial charge < -0.3 is 19.9 Å². The van der Waals surface area contributed by atoms with Crippen molar-refractivity contribution in [3.63, 3.8) is 0 Å². The Labute approximate surface area is 193 Å². The molecule has 3 heterocycles. The summed E-state index contributed by atoms with van der Waals surface area (Å²) in [5.41, 5.74) is 3.16. The number of nitrogens with zero attached hydrogens (tertiary/aromatic N) is 5. The van der Waals surface area contributed by atoms with Crippen LogP contribution in [0.2, 0.25) is 0 Å². The lowest BCUT2D eigenvalue weighted by Gasteiger charge is -2.26. The van der Waals surface area contributed by atoms with Gasteiger partial charge in [-0.3, -0.25) is 9.69 Å². The van der Waals surface area contributed by atoms with Crippen molar-refractivity contribution in [3.8, 4) is 0 Å². The number of nitrogens with one attached hydrogen (secondary N) is 2. The normalized spacial score (nSPS) is 17.5. The quantitative estimate of drug-likeness (QED) is 0.510. The highest BCUT2D eigenvalue weighted by atomic mass is 16.5. The Morgan fingerprint density at radius 2 is 1.88 bits per heavy atom. The second kappa shape index (κ2) is 10.3. The fourth-order valence-electron chi connectivity index (χ4n) is 4.60. The first kappa shape index (κ1) is 21.8. The Morgan fingerprint density at radius 3 is 2.67 bits per heavy atom. The summed E-state index contributed by atoms with van der Waals surface area (Å²) >= 11 is 0. The second-order valence-corrected chi connectivity index (χ2v) is 8.76. The average Bonchev–Trinajstić information content (AvgIpc) is 3.52. The van der Waals surface area contributed by atoms with E-state index in [1.807, 2.05) is 30.6 Å². The molecular formula is C24H31N7O2. The first-order chi connectivity index (χ1) is 16.3. The van der Waals surface area contributed by atoms with Crippen LogP contribution < -0.4 is 10.6 Å². The summed E-state index contributed by atoms with van der Waals surface area (Å²) in [4.78, 5) is 28.4. The van der Waals surface area contributed by atoms with Crippen molar-refractivity contribution in [2.75, 3.05) is 44.7 Å². The molecular weight excluding hydrogens is 418 g/mol. The van der Waals surface area contributed by atoms with Crippen LogP contribution in [-0.4, -0.2) is 69.7 Å². The molecule has 3 aromatic rings. The topological polar surface area (TPSA) is 97.2 Å². The number of rotatable bonds is 8. The summed E-state index contributed by atoms with van der Waals surface area (Å²) < 4.78 is 7.54. The van der Waals surface area contributed by atoms with Gasteiger partial charge in [-0.05, 0) is 50.1 Å². The van der Waals surface area contributed by atoms with Gasteiger partial charge in [-0.2, -0.15) is 4.98 Å². The number of hydrogen-bond acceptors (Lipinski definition) is 7. The lowest BCUT2D eigenvalue weighted by Crippen LogP contribution is -2.38. The van der Waals surface area contributed by atoms with E-state index < -0.39 is 0 Å². The van der Waals surface area contributed by atoms with E-state index >= 15 is 0 Å². The number of anilines is 2. The standard InChI is InChI=1S/C24H31N7O2/c32-23(25-10-3-11-30-12-14-33-15-13-30)18-6-8-19(9-7-18)28-24-26-16-21-22(29-24)31(17-27-21)20-4-1-2-5-20/h6-9,16-17,20H,1-5,10-15H2,(H,25,32)(H,26,28,29). The number of imidazole rings is 1. The van der Waals surface area contributed by atoms with Crippen LogP contribution in [0.15, 0.2) is 36.8 Å². The van der Waals surface area contributed by atoms with Gasteiger partial charge >= 0.3 is 0 Å². The number of fused-ring (bicyclic) bond motifs is 1. The predicted octanol–water partition coefficient (Wildman–Crippen LogP) is 3.14. The van der Waals surface area contributed by atoms with E-state index in [1.165, 1.54) is 25.7 Å². The highest BCUT2D eigenvalue weighted by Gasteiger charge is 2.20. The predicted molar refractivity (Wildman–Crippen MR) is 127 cm³/mol. The van der Waals surface area contributed by atoms with E-state index in [-0.39, 0.29) is 5.91 Å². The Morgan fingerprint density at radius 1 is 1.09 bits per heavy atom. The molecule has 9 nitrogen and oxygen atoms in total. The molecule has 1 aliphatic carbocycles. The zero-order valence-electron chi connectivity index (χ0n) is 18.9. The first-order valence-electron chi connectivity index (χ1n) is 11.9. The number of carbonyl (C=O) groups is 1. The van der Waals surface area contributed by atoms with Crippen LogP contribution in [0.3, 0.4) is 0 Å². The smallest absolute Gasteiger partial charge is 0.251 e. The largest absolute Gasteiger partial charge is 0.379 e. The Hall–Kier alpha value is -3.04. The highest BCUT2D eigenvalue weighted by Crippen LogP contribution is 2.31. The lowest BCUT2D eigenvalue weighted by atomic mass is 10.2. The maximum absolute atomic E-state index is 12.4. The van der Waals surface area contributed by atoms with Crippen molar-refractivity contribution in [2.24, 2.45) is 0 Å². The number of ether oxygens (including phenoxy) is 1. The summed E-state index contributed by atoms with van der Waals surface area (Å²) in [5.74, 6) is 0.476. The van der Waals surface area contributed by atoms with E-state index in [0.717, 1.165) is 56.1 Å². The van der Waals surface area contributed by atoms with Gasteiger partial charge in [0.2, 0.25) is 5.95 Å². The minimum Gasteiger partial charge on any atom is -0.379 e. The molecule has 1 amide bonds. The molecule has 1 saturated carbocycles. The number of hydrogen-bond donors (Lipinski definition) is 2. The van der Waals surface area contributed by atoms with Gasteiger partial charge in [-0.1, -0.05) is 12.8 Å². The molecule has 0 atom stereocenters. The van der Waals surface area contributed by atoms with Crippen molar-refractivity contribution in [1.82, 2.24) is 29.7 Å². The second-order valence-electron chi connectivity index (χ2n) is 8.76. The van der Waals surface area contributed by atoms with Gasteiger partial charge in [-0.15, -0.1) is 0 Å². The van der Waals surface area contributed by atoms with Crippen molar-refractivity contribution >= 4 is 28.7 Å². The molecule has 174 valence electrons. The zero-order chi connectivity index (χ0) is 22.5. The van der Waals surface area contributed by atoms with Gasteiger partial charge in [0, 0.05) is 36.9 Å². The molecule has 1 saturated heterocycles. The van der Waals surface area contributed by atoms with Crippen LogP contribution in [-0.2, 0) is 4.74 Å². The molecule has 2 N–H and O–H groups in total. The zero-order valence-corrected chi connectivity index (χ0v) is 18.9. The van der Waals surface area contributed by atoms with E-state index in [2.05, 4.69) is 30.1 Å². The first-order valence-corrected chi connectivity index (χ1v) is 11.9. The van der Waals surface area contributed by atoms with Gasteiger partial charge in [0.25, 0.3) is 5.91 Å². The Balaban J connectivity index is 1.15.